The molecule has 6 nitrogen and oxygen atoms in total. The standard InChI is InChI=1S/C12H12N2O4/c1-3-4-7-13-10-8-9(12(15)18-2)5-6-11(10)14(16)17/h1,5-6,8,13H,4,7H2,2H3. The molecule has 18 heavy (non-hydrogen) atoms. The smallest absolute Gasteiger partial charge is 0.337 e. The first-order chi connectivity index (χ1) is 8.60. The van der Waals surface area contributed by atoms with Crippen molar-refractivity contribution in [2.75, 3.05) is 19.0 Å². The van der Waals surface area contributed by atoms with Crippen LogP contribution in [0.25, 0.3) is 0 Å². The highest BCUT2D eigenvalue weighted by molar-refractivity contribution is 5.91. The largest absolute Gasteiger partial charge is 0.465 e. The van der Waals surface area contributed by atoms with Gasteiger partial charge in [-0.05, 0) is 12.1 Å². The van der Waals surface area contributed by atoms with Crippen LogP contribution in [0, 0.1) is 22.5 Å². The fourth-order valence-corrected chi connectivity index (χ4v) is 1.35. The van der Waals surface area contributed by atoms with Crippen LogP contribution in [0.15, 0.2) is 18.2 Å². The first-order valence-corrected chi connectivity index (χ1v) is 5.14. The van der Waals surface area contributed by atoms with Gasteiger partial charge in [-0.1, -0.05) is 0 Å². The third kappa shape index (κ3) is 3.22. The highest BCUT2D eigenvalue weighted by Crippen LogP contribution is 2.25. The molecule has 0 unspecified atom stereocenters. The second-order valence-electron chi connectivity index (χ2n) is 3.36. The molecule has 94 valence electrons. The number of benzene rings is 1. The van der Waals surface area contributed by atoms with Gasteiger partial charge in [-0.2, -0.15) is 0 Å². The Morgan fingerprint density at radius 2 is 2.33 bits per heavy atom. The van der Waals surface area contributed by atoms with Crippen molar-refractivity contribution in [3.63, 3.8) is 0 Å². The van der Waals surface area contributed by atoms with Crippen LogP contribution in [0.3, 0.4) is 0 Å². The van der Waals surface area contributed by atoms with Gasteiger partial charge in [0.2, 0.25) is 0 Å². The summed E-state index contributed by atoms with van der Waals surface area (Å²) >= 11 is 0. The van der Waals surface area contributed by atoms with Gasteiger partial charge in [-0.15, -0.1) is 12.3 Å². The number of carbonyl (C=O) groups is 1. The Labute approximate surface area is 104 Å². The third-order valence-corrected chi connectivity index (χ3v) is 2.20. The molecule has 0 bridgehead atoms. The Hall–Kier alpha value is -2.55. The number of hydrogen-bond acceptors (Lipinski definition) is 5. The molecule has 0 amide bonds. The predicted octanol–water partition coefficient (Wildman–Crippen LogP) is 1.82. The van der Waals surface area contributed by atoms with Gasteiger partial charge in [0.1, 0.15) is 5.69 Å². The Kier molecular flexibility index (Phi) is 4.69. The molecule has 1 rings (SSSR count). The first kappa shape index (κ1) is 13.5. The molecule has 0 aromatic heterocycles. The van der Waals surface area contributed by atoms with Gasteiger partial charge >= 0.3 is 5.97 Å². The van der Waals surface area contributed by atoms with E-state index in [1.54, 1.807) is 0 Å². The van der Waals surface area contributed by atoms with Crippen molar-refractivity contribution < 1.29 is 14.5 Å². The monoisotopic (exact) mass is 248 g/mol. The summed E-state index contributed by atoms with van der Waals surface area (Å²) in [7, 11) is 1.25. The molecular weight excluding hydrogens is 236 g/mol. The van der Waals surface area contributed by atoms with Gasteiger partial charge in [0.25, 0.3) is 5.69 Å². The van der Waals surface area contributed by atoms with E-state index in [4.69, 9.17) is 6.42 Å². The van der Waals surface area contributed by atoms with E-state index >= 15 is 0 Å². The van der Waals surface area contributed by atoms with Crippen LogP contribution in [-0.4, -0.2) is 24.5 Å². The summed E-state index contributed by atoms with van der Waals surface area (Å²) < 4.78 is 4.55. The lowest BCUT2D eigenvalue weighted by Crippen LogP contribution is -2.07. The summed E-state index contributed by atoms with van der Waals surface area (Å²) in [5, 5.41) is 13.6. The topological polar surface area (TPSA) is 81.5 Å². The van der Waals surface area contributed by atoms with Crippen molar-refractivity contribution in [2.24, 2.45) is 0 Å². The molecule has 1 N–H and O–H groups in total. The Morgan fingerprint density at radius 3 is 2.89 bits per heavy atom. The summed E-state index contributed by atoms with van der Waals surface area (Å²) in [6.45, 7) is 0.391. The zero-order valence-corrected chi connectivity index (χ0v) is 9.80. The number of terminal acetylenes is 1. The van der Waals surface area contributed by atoms with E-state index in [0.717, 1.165) is 0 Å². The first-order valence-electron chi connectivity index (χ1n) is 5.14. The van der Waals surface area contributed by atoms with Crippen molar-refractivity contribution in [1.82, 2.24) is 0 Å². The van der Waals surface area contributed by atoms with Crippen molar-refractivity contribution in [3.8, 4) is 12.3 Å². The van der Waals surface area contributed by atoms with Crippen LogP contribution in [0.1, 0.15) is 16.8 Å². The number of carbonyl (C=O) groups excluding carboxylic acids is 1. The summed E-state index contributed by atoms with van der Waals surface area (Å²) in [5.41, 5.74) is 0.379. The molecular formula is C12H12N2O4. The van der Waals surface area contributed by atoms with Gasteiger partial charge < -0.3 is 10.1 Å². The maximum Gasteiger partial charge on any atom is 0.337 e. The summed E-state index contributed by atoms with van der Waals surface area (Å²) in [6, 6.07) is 3.97. The Bertz CT molecular complexity index is 505. The number of hydrogen-bond donors (Lipinski definition) is 1. The molecule has 0 aliphatic carbocycles. The van der Waals surface area contributed by atoms with Crippen LogP contribution in [0.2, 0.25) is 0 Å². The maximum atomic E-state index is 11.3. The molecule has 0 spiro atoms. The minimum Gasteiger partial charge on any atom is -0.465 e. The highest BCUT2D eigenvalue weighted by atomic mass is 16.6. The molecule has 1 aromatic rings. The van der Waals surface area contributed by atoms with E-state index in [0.29, 0.717) is 13.0 Å². The fraction of sp³-hybridized carbons (Fsp3) is 0.250. The normalized spacial score (nSPS) is 9.33. The van der Waals surface area contributed by atoms with Crippen LogP contribution < -0.4 is 5.32 Å². The number of nitro groups is 1. The quantitative estimate of drug-likeness (QED) is 0.282. The maximum absolute atomic E-state index is 11.3. The Balaban J connectivity index is 3.04. The number of methoxy groups -OCH3 is 1. The van der Waals surface area contributed by atoms with Crippen LogP contribution in [-0.2, 0) is 4.74 Å². The van der Waals surface area contributed by atoms with Gasteiger partial charge in [0.15, 0.2) is 0 Å². The lowest BCUT2D eigenvalue weighted by molar-refractivity contribution is -0.384. The van der Waals surface area contributed by atoms with E-state index in [1.165, 1.54) is 25.3 Å². The number of esters is 1. The number of nitrogens with one attached hydrogen (secondary N) is 1. The van der Waals surface area contributed by atoms with Crippen LogP contribution >= 0.6 is 0 Å². The van der Waals surface area contributed by atoms with Crippen LogP contribution in [0.5, 0.6) is 0 Å². The molecule has 6 heteroatoms. The van der Waals surface area contributed by atoms with E-state index in [-0.39, 0.29) is 16.9 Å². The molecule has 0 atom stereocenters. The second-order valence-corrected chi connectivity index (χ2v) is 3.36. The summed E-state index contributed by atoms with van der Waals surface area (Å²) in [5.74, 6) is 1.86. The highest BCUT2D eigenvalue weighted by Gasteiger charge is 2.16. The van der Waals surface area contributed by atoms with Crippen LogP contribution in [0.4, 0.5) is 11.4 Å². The van der Waals surface area contributed by atoms with Crippen molar-refractivity contribution >= 4 is 17.3 Å². The van der Waals surface area contributed by atoms with E-state index in [2.05, 4.69) is 16.0 Å². The van der Waals surface area contributed by atoms with Gasteiger partial charge in [0.05, 0.1) is 17.6 Å². The van der Waals surface area contributed by atoms with E-state index in [1.807, 2.05) is 0 Å². The molecule has 0 radical (unpaired) electrons. The minimum atomic E-state index is -0.551. The summed E-state index contributed by atoms with van der Waals surface area (Å²) in [4.78, 5) is 21.6. The second kappa shape index (κ2) is 6.25. The van der Waals surface area contributed by atoms with E-state index < -0.39 is 10.9 Å². The van der Waals surface area contributed by atoms with Crippen molar-refractivity contribution in [3.05, 3.63) is 33.9 Å². The number of ether oxygens (including phenoxy) is 1. The molecule has 0 fully saturated rings. The SMILES string of the molecule is C#CCCNc1cc(C(=O)OC)ccc1[N+](=O)[O-]. The summed E-state index contributed by atoms with van der Waals surface area (Å²) in [6.07, 6.45) is 5.52. The number of anilines is 1. The molecule has 0 aliphatic heterocycles. The molecule has 1 aromatic carbocycles. The molecule has 0 aliphatic rings. The van der Waals surface area contributed by atoms with Gasteiger partial charge in [-0.25, -0.2) is 4.79 Å². The van der Waals surface area contributed by atoms with Gasteiger partial charge in [0, 0.05) is 19.0 Å². The molecule has 0 saturated heterocycles. The number of nitro benzene ring substituents is 1. The predicted molar refractivity (Wildman–Crippen MR) is 66.4 cm³/mol. The average Bonchev–Trinajstić information content (AvgIpc) is 2.37. The zero-order chi connectivity index (χ0) is 13.5. The van der Waals surface area contributed by atoms with Crippen molar-refractivity contribution in [1.29, 1.82) is 0 Å². The minimum absolute atomic E-state index is 0.111. The Morgan fingerprint density at radius 1 is 1.61 bits per heavy atom. The third-order valence-electron chi connectivity index (χ3n) is 2.20. The average molecular weight is 248 g/mol. The van der Waals surface area contributed by atoms with E-state index in [9.17, 15) is 14.9 Å². The molecule has 0 saturated carbocycles. The lowest BCUT2D eigenvalue weighted by Gasteiger charge is -2.07. The lowest BCUT2D eigenvalue weighted by atomic mass is 10.1. The number of nitrogens with zero attached hydrogens (tertiary/aromatic N) is 1. The van der Waals surface area contributed by atoms with Crippen molar-refractivity contribution in [2.45, 2.75) is 6.42 Å². The molecule has 0 heterocycles. The number of rotatable bonds is 5. The fourth-order valence-electron chi connectivity index (χ4n) is 1.35. The zero-order valence-electron chi connectivity index (χ0n) is 9.80. The van der Waals surface area contributed by atoms with Gasteiger partial charge in [-0.3, -0.25) is 10.1 Å².